The van der Waals surface area contributed by atoms with Crippen LogP contribution in [-0.2, 0) is 4.79 Å². The van der Waals surface area contributed by atoms with Crippen LogP contribution in [0.5, 0.6) is 11.5 Å². The van der Waals surface area contributed by atoms with E-state index in [0.29, 0.717) is 5.69 Å². The SMILES string of the molecule is CCC(C)(C)C(=O)Nc1ccc(O)c(O)c1. The summed E-state index contributed by atoms with van der Waals surface area (Å²) in [7, 11) is 0. The van der Waals surface area contributed by atoms with Gasteiger partial charge in [0.25, 0.3) is 0 Å². The number of amides is 1. The molecule has 0 saturated heterocycles. The molecule has 3 N–H and O–H groups in total. The average molecular weight is 223 g/mol. The molecule has 0 unspecified atom stereocenters. The van der Waals surface area contributed by atoms with Crippen LogP contribution in [0.15, 0.2) is 18.2 Å². The molecule has 0 fully saturated rings. The van der Waals surface area contributed by atoms with E-state index in [1.165, 1.54) is 12.1 Å². The summed E-state index contributed by atoms with van der Waals surface area (Å²) in [5, 5.41) is 21.1. The third-order valence-electron chi connectivity index (χ3n) is 2.73. The van der Waals surface area contributed by atoms with Gasteiger partial charge in [0.05, 0.1) is 0 Å². The van der Waals surface area contributed by atoms with E-state index in [2.05, 4.69) is 5.32 Å². The number of benzene rings is 1. The lowest BCUT2D eigenvalue weighted by Gasteiger charge is -2.21. The molecule has 16 heavy (non-hydrogen) atoms. The Morgan fingerprint density at radius 2 is 1.94 bits per heavy atom. The van der Waals surface area contributed by atoms with Gasteiger partial charge in [-0.1, -0.05) is 20.8 Å². The number of nitrogens with one attached hydrogen (secondary N) is 1. The Morgan fingerprint density at radius 3 is 2.44 bits per heavy atom. The maximum atomic E-state index is 11.8. The molecule has 4 heteroatoms. The molecule has 88 valence electrons. The number of anilines is 1. The van der Waals surface area contributed by atoms with Crippen LogP contribution in [0.1, 0.15) is 27.2 Å². The van der Waals surface area contributed by atoms with Crippen molar-refractivity contribution in [1.29, 1.82) is 0 Å². The van der Waals surface area contributed by atoms with E-state index in [0.717, 1.165) is 6.42 Å². The number of phenols is 2. The van der Waals surface area contributed by atoms with Crippen molar-refractivity contribution in [2.45, 2.75) is 27.2 Å². The third kappa shape index (κ3) is 2.66. The van der Waals surface area contributed by atoms with Crippen molar-refractivity contribution in [3.63, 3.8) is 0 Å². The molecule has 1 rings (SSSR count). The van der Waals surface area contributed by atoms with Gasteiger partial charge in [-0.15, -0.1) is 0 Å². The van der Waals surface area contributed by atoms with Crippen molar-refractivity contribution in [3.8, 4) is 11.5 Å². The second kappa shape index (κ2) is 4.43. The van der Waals surface area contributed by atoms with E-state index < -0.39 is 5.41 Å². The highest BCUT2D eigenvalue weighted by molar-refractivity contribution is 5.95. The summed E-state index contributed by atoms with van der Waals surface area (Å²) in [6, 6.07) is 4.20. The van der Waals surface area contributed by atoms with Crippen molar-refractivity contribution in [2.75, 3.05) is 5.32 Å². The Labute approximate surface area is 94.9 Å². The van der Waals surface area contributed by atoms with Gasteiger partial charge in [-0.2, -0.15) is 0 Å². The van der Waals surface area contributed by atoms with Gasteiger partial charge >= 0.3 is 0 Å². The molecular weight excluding hydrogens is 206 g/mol. The molecule has 0 aliphatic rings. The molecule has 0 saturated carbocycles. The highest BCUT2D eigenvalue weighted by Crippen LogP contribution is 2.29. The quantitative estimate of drug-likeness (QED) is 0.544. The van der Waals surface area contributed by atoms with E-state index >= 15 is 0 Å². The first kappa shape index (κ1) is 12.4. The summed E-state index contributed by atoms with van der Waals surface area (Å²) < 4.78 is 0. The van der Waals surface area contributed by atoms with E-state index in [4.69, 9.17) is 5.11 Å². The van der Waals surface area contributed by atoms with Gasteiger partial charge in [-0.25, -0.2) is 0 Å². The van der Waals surface area contributed by atoms with Crippen molar-refractivity contribution in [2.24, 2.45) is 5.41 Å². The van der Waals surface area contributed by atoms with Crippen LogP contribution in [-0.4, -0.2) is 16.1 Å². The number of hydrogen-bond acceptors (Lipinski definition) is 3. The van der Waals surface area contributed by atoms with E-state index in [9.17, 15) is 9.90 Å². The highest BCUT2D eigenvalue weighted by atomic mass is 16.3. The average Bonchev–Trinajstić information content (AvgIpc) is 2.23. The van der Waals surface area contributed by atoms with Gasteiger partial charge in [0.2, 0.25) is 5.91 Å². The Balaban J connectivity index is 2.82. The lowest BCUT2D eigenvalue weighted by Crippen LogP contribution is -2.29. The lowest BCUT2D eigenvalue weighted by molar-refractivity contribution is -0.124. The van der Waals surface area contributed by atoms with Crippen LogP contribution in [0.25, 0.3) is 0 Å². The first-order chi connectivity index (χ1) is 7.36. The summed E-state index contributed by atoms with van der Waals surface area (Å²) in [5.41, 5.74) is 0.0230. The first-order valence-corrected chi connectivity index (χ1v) is 5.20. The molecule has 0 aromatic heterocycles. The lowest BCUT2D eigenvalue weighted by atomic mass is 9.89. The van der Waals surface area contributed by atoms with Gasteiger partial charge in [0.1, 0.15) is 0 Å². The number of carbonyl (C=O) groups is 1. The van der Waals surface area contributed by atoms with Crippen molar-refractivity contribution < 1.29 is 15.0 Å². The fourth-order valence-electron chi connectivity index (χ4n) is 1.06. The number of aromatic hydroxyl groups is 2. The van der Waals surface area contributed by atoms with Crippen LogP contribution in [0.2, 0.25) is 0 Å². The minimum absolute atomic E-state index is 0.111. The fraction of sp³-hybridized carbons (Fsp3) is 0.417. The minimum atomic E-state index is -0.451. The van der Waals surface area contributed by atoms with Crippen LogP contribution in [0, 0.1) is 5.41 Å². The molecule has 0 radical (unpaired) electrons. The fourth-order valence-corrected chi connectivity index (χ4v) is 1.06. The predicted octanol–water partition coefficient (Wildman–Crippen LogP) is 2.47. The molecule has 0 heterocycles. The number of carbonyl (C=O) groups excluding carboxylic acids is 1. The predicted molar refractivity (Wildman–Crippen MR) is 62.5 cm³/mol. The maximum absolute atomic E-state index is 11.8. The van der Waals surface area contributed by atoms with E-state index in [1.54, 1.807) is 6.07 Å². The monoisotopic (exact) mass is 223 g/mol. The third-order valence-corrected chi connectivity index (χ3v) is 2.73. The number of hydrogen-bond donors (Lipinski definition) is 3. The maximum Gasteiger partial charge on any atom is 0.230 e. The molecule has 0 aliphatic carbocycles. The molecular formula is C12H17NO3. The van der Waals surface area contributed by atoms with Crippen LogP contribution in [0.4, 0.5) is 5.69 Å². The van der Waals surface area contributed by atoms with E-state index in [1.807, 2.05) is 20.8 Å². The van der Waals surface area contributed by atoms with Crippen molar-refractivity contribution in [3.05, 3.63) is 18.2 Å². The Morgan fingerprint density at radius 1 is 1.31 bits per heavy atom. The highest BCUT2D eigenvalue weighted by Gasteiger charge is 2.25. The summed E-state index contributed by atoms with van der Waals surface area (Å²) in [6.45, 7) is 5.64. The number of phenolic OH excluding ortho intramolecular Hbond substituents is 2. The van der Waals surface area contributed by atoms with Gasteiger partial charge < -0.3 is 15.5 Å². The van der Waals surface area contributed by atoms with Crippen LogP contribution in [0.3, 0.4) is 0 Å². The summed E-state index contributed by atoms with van der Waals surface area (Å²) in [5.74, 6) is -0.556. The van der Waals surface area contributed by atoms with Crippen molar-refractivity contribution in [1.82, 2.24) is 0 Å². The van der Waals surface area contributed by atoms with Gasteiger partial charge in [-0.3, -0.25) is 4.79 Å². The molecule has 0 atom stereocenters. The molecule has 1 aromatic carbocycles. The molecule has 0 bridgehead atoms. The Hall–Kier alpha value is -1.71. The smallest absolute Gasteiger partial charge is 0.230 e. The zero-order chi connectivity index (χ0) is 12.3. The zero-order valence-corrected chi connectivity index (χ0v) is 9.74. The van der Waals surface area contributed by atoms with Crippen LogP contribution < -0.4 is 5.32 Å². The van der Waals surface area contributed by atoms with E-state index in [-0.39, 0.29) is 17.4 Å². The largest absolute Gasteiger partial charge is 0.504 e. The number of rotatable bonds is 3. The molecule has 0 aliphatic heterocycles. The molecule has 1 aromatic rings. The Kier molecular flexibility index (Phi) is 3.42. The zero-order valence-electron chi connectivity index (χ0n) is 9.74. The van der Waals surface area contributed by atoms with Gasteiger partial charge in [0, 0.05) is 17.2 Å². The summed E-state index contributed by atoms with van der Waals surface area (Å²) in [6.07, 6.45) is 0.725. The minimum Gasteiger partial charge on any atom is -0.504 e. The molecule has 4 nitrogen and oxygen atoms in total. The normalized spacial score (nSPS) is 11.2. The molecule has 0 spiro atoms. The van der Waals surface area contributed by atoms with Crippen molar-refractivity contribution >= 4 is 11.6 Å². The second-order valence-electron chi connectivity index (χ2n) is 4.40. The molecule has 1 amide bonds. The standard InChI is InChI=1S/C12H17NO3/c1-4-12(2,3)11(16)13-8-5-6-9(14)10(15)7-8/h5-7,14-15H,4H2,1-3H3,(H,13,16). The first-order valence-electron chi connectivity index (χ1n) is 5.20. The topological polar surface area (TPSA) is 69.6 Å². The second-order valence-corrected chi connectivity index (χ2v) is 4.40. The van der Waals surface area contributed by atoms with Gasteiger partial charge in [-0.05, 0) is 18.6 Å². The Bertz CT molecular complexity index is 399. The van der Waals surface area contributed by atoms with Gasteiger partial charge in [0.15, 0.2) is 11.5 Å². The summed E-state index contributed by atoms with van der Waals surface area (Å²) >= 11 is 0. The summed E-state index contributed by atoms with van der Waals surface area (Å²) in [4.78, 5) is 11.8. The van der Waals surface area contributed by atoms with Crippen LogP contribution >= 0.6 is 0 Å².